The lowest BCUT2D eigenvalue weighted by atomic mass is 9.67. The van der Waals surface area contributed by atoms with Gasteiger partial charge in [-0.05, 0) is 52.2 Å². The van der Waals surface area contributed by atoms with Crippen LogP contribution in [0.15, 0.2) is 35.1 Å². The molecule has 0 saturated heterocycles. The van der Waals surface area contributed by atoms with E-state index in [4.69, 9.17) is 0 Å². The SMILES string of the molecule is Cc1c(NC(=O)c2ccccc2)nc(=O)n(C(C)(C)C(C)(O)C(C)(C)C)c1C. The third kappa shape index (κ3) is 3.61. The number of nitrogens with one attached hydrogen (secondary N) is 1. The van der Waals surface area contributed by atoms with Gasteiger partial charge in [-0.2, -0.15) is 4.98 Å². The monoisotopic (exact) mass is 385 g/mol. The van der Waals surface area contributed by atoms with Gasteiger partial charge in [-0.1, -0.05) is 39.0 Å². The second-order valence-corrected chi connectivity index (χ2v) is 8.99. The van der Waals surface area contributed by atoms with Crippen LogP contribution in [0.2, 0.25) is 0 Å². The molecule has 0 aliphatic rings. The summed E-state index contributed by atoms with van der Waals surface area (Å²) in [5.74, 6) is -0.0903. The highest BCUT2D eigenvalue weighted by Crippen LogP contribution is 2.42. The highest BCUT2D eigenvalue weighted by atomic mass is 16.3. The Labute approximate surface area is 166 Å². The van der Waals surface area contributed by atoms with Crippen molar-refractivity contribution in [2.75, 3.05) is 5.32 Å². The molecule has 1 unspecified atom stereocenters. The molecule has 1 aromatic carbocycles. The predicted octanol–water partition coefficient (Wildman–Crippen LogP) is 3.64. The van der Waals surface area contributed by atoms with Crippen molar-refractivity contribution >= 4 is 11.7 Å². The zero-order valence-electron chi connectivity index (χ0n) is 18.0. The van der Waals surface area contributed by atoms with Gasteiger partial charge in [0.25, 0.3) is 5.91 Å². The van der Waals surface area contributed by atoms with Crippen LogP contribution in [0, 0.1) is 19.3 Å². The van der Waals surface area contributed by atoms with Gasteiger partial charge in [0.2, 0.25) is 0 Å². The fraction of sp³-hybridized carbons (Fsp3) is 0.500. The molecule has 0 saturated carbocycles. The molecular formula is C22H31N3O3. The number of anilines is 1. The number of rotatable bonds is 4. The van der Waals surface area contributed by atoms with Crippen LogP contribution < -0.4 is 11.0 Å². The molecule has 0 aliphatic carbocycles. The van der Waals surface area contributed by atoms with Crippen LogP contribution in [-0.4, -0.2) is 26.2 Å². The fourth-order valence-corrected chi connectivity index (χ4v) is 3.40. The van der Waals surface area contributed by atoms with Crippen molar-refractivity contribution in [3.63, 3.8) is 0 Å². The number of aliphatic hydroxyl groups is 1. The second kappa shape index (κ2) is 7.17. The summed E-state index contributed by atoms with van der Waals surface area (Å²) in [6, 6.07) is 8.77. The molecule has 0 fully saturated rings. The minimum absolute atomic E-state index is 0.235. The fourth-order valence-electron chi connectivity index (χ4n) is 3.40. The number of hydrogen-bond acceptors (Lipinski definition) is 4. The van der Waals surface area contributed by atoms with Crippen molar-refractivity contribution in [3.8, 4) is 0 Å². The number of benzene rings is 1. The smallest absolute Gasteiger partial charge is 0.350 e. The zero-order valence-corrected chi connectivity index (χ0v) is 18.0. The van der Waals surface area contributed by atoms with E-state index < -0.39 is 22.2 Å². The van der Waals surface area contributed by atoms with Gasteiger partial charge in [0.15, 0.2) is 0 Å². The van der Waals surface area contributed by atoms with Crippen LogP contribution in [0.1, 0.15) is 63.2 Å². The molecule has 1 amide bonds. The van der Waals surface area contributed by atoms with Gasteiger partial charge in [-0.15, -0.1) is 0 Å². The van der Waals surface area contributed by atoms with Crippen LogP contribution in [0.25, 0.3) is 0 Å². The third-order valence-electron chi connectivity index (χ3n) is 6.11. The Morgan fingerprint density at radius 1 is 1.04 bits per heavy atom. The van der Waals surface area contributed by atoms with E-state index in [1.807, 2.05) is 40.7 Å². The minimum atomic E-state index is -1.20. The maximum absolute atomic E-state index is 12.9. The summed E-state index contributed by atoms with van der Waals surface area (Å²) in [4.78, 5) is 29.5. The Bertz CT molecular complexity index is 936. The van der Waals surface area contributed by atoms with Crippen molar-refractivity contribution < 1.29 is 9.90 Å². The van der Waals surface area contributed by atoms with Crippen LogP contribution in [-0.2, 0) is 5.54 Å². The molecule has 0 radical (unpaired) electrons. The maximum atomic E-state index is 12.9. The molecule has 152 valence electrons. The van der Waals surface area contributed by atoms with Crippen molar-refractivity contribution in [2.45, 2.75) is 66.5 Å². The molecule has 0 aliphatic heterocycles. The van der Waals surface area contributed by atoms with E-state index in [2.05, 4.69) is 10.3 Å². The van der Waals surface area contributed by atoms with E-state index in [1.54, 1.807) is 45.0 Å². The summed E-state index contributed by atoms with van der Waals surface area (Å²) < 4.78 is 1.52. The molecule has 1 aromatic heterocycles. The molecule has 1 atom stereocenters. The number of nitrogens with zero attached hydrogens (tertiary/aromatic N) is 2. The highest BCUT2D eigenvalue weighted by Gasteiger charge is 2.50. The number of carbonyl (C=O) groups is 1. The average molecular weight is 386 g/mol. The van der Waals surface area contributed by atoms with Crippen molar-refractivity contribution in [1.29, 1.82) is 0 Å². The summed E-state index contributed by atoms with van der Waals surface area (Å²) in [7, 11) is 0. The molecular weight excluding hydrogens is 354 g/mol. The van der Waals surface area contributed by atoms with E-state index in [0.29, 0.717) is 16.8 Å². The summed E-state index contributed by atoms with van der Waals surface area (Å²) in [6.07, 6.45) is 0. The van der Waals surface area contributed by atoms with Gasteiger partial charge in [0, 0.05) is 16.8 Å². The third-order valence-corrected chi connectivity index (χ3v) is 6.11. The molecule has 6 heteroatoms. The molecule has 0 bridgehead atoms. The van der Waals surface area contributed by atoms with Crippen molar-refractivity contribution in [1.82, 2.24) is 9.55 Å². The second-order valence-electron chi connectivity index (χ2n) is 8.99. The Hall–Kier alpha value is -2.47. The van der Waals surface area contributed by atoms with Crippen molar-refractivity contribution in [3.05, 3.63) is 57.6 Å². The lowest BCUT2D eigenvalue weighted by Crippen LogP contribution is -2.60. The van der Waals surface area contributed by atoms with Gasteiger partial charge in [0.05, 0.1) is 11.1 Å². The van der Waals surface area contributed by atoms with Gasteiger partial charge < -0.3 is 10.4 Å². The molecule has 28 heavy (non-hydrogen) atoms. The average Bonchev–Trinajstić information content (AvgIpc) is 2.58. The van der Waals surface area contributed by atoms with E-state index in [9.17, 15) is 14.7 Å². The Kier molecular flexibility index (Phi) is 5.59. The van der Waals surface area contributed by atoms with Crippen LogP contribution in [0.3, 0.4) is 0 Å². The van der Waals surface area contributed by atoms with E-state index >= 15 is 0 Å². The first-order valence-corrected chi connectivity index (χ1v) is 9.41. The Balaban J connectivity index is 2.54. The molecule has 2 N–H and O–H groups in total. The lowest BCUT2D eigenvalue weighted by Gasteiger charge is -2.50. The standard InChI is InChI=1S/C22H31N3O3/c1-14-15(2)25(21(6,7)22(8,28)20(3,4)5)19(27)24-17(14)23-18(26)16-12-10-9-11-13-16/h9-13,28H,1-8H3,(H,23,24,26,27). The summed E-state index contributed by atoms with van der Waals surface area (Å²) in [6.45, 7) is 14.8. The normalized spacial score (nSPS) is 14.5. The molecule has 6 nitrogen and oxygen atoms in total. The molecule has 2 rings (SSSR count). The largest absolute Gasteiger partial charge is 0.387 e. The predicted molar refractivity (Wildman–Crippen MR) is 112 cm³/mol. The summed E-state index contributed by atoms with van der Waals surface area (Å²) >= 11 is 0. The van der Waals surface area contributed by atoms with Crippen LogP contribution in [0.4, 0.5) is 5.82 Å². The Morgan fingerprint density at radius 2 is 1.57 bits per heavy atom. The van der Waals surface area contributed by atoms with Crippen LogP contribution in [0.5, 0.6) is 0 Å². The van der Waals surface area contributed by atoms with Gasteiger partial charge in [0.1, 0.15) is 5.82 Å². The number of carbonyl (C=O) groups excluding carboxylic acids is 1. The number of aromatic nitrogens is 2. The van der Waals surface area contributed by atoms with E-state index in [0.717, 1.165) is 0 Å². The lowest BCUT2D eigenvalue weighted by molar-refractivity contribution is -0.123. The summed E-state index contributed by atoms with van der Waals surface area (Å²) in [5.41, 5.74) is -1.29. The molecule has 2 aromatic rings. The van der Waals surface area contributed by atoms with Crippen molar-refractivity contribution in [2.24, 2.45) is 5.41 Å². The molecule has 1 heterocycles. The van der Waals surface area contributed by atoms with Gasteiger partial charge in [-0.25, -0.2) is 4.79 Å². The number of hydrogen-bond donors (Lipinski definition) is 2. The quantitative estimate of drug-likeness (QED) is 0.841. The van der Waals surface area contributed by atoms with Gasteiger partial charge in [-0.3, -0.25) is 9.36 Å². The topological polar surface area (TPSA) is 84.2 Å². The van der Waals surface area contributed by atoms with Crippen LogP contribution >= 0.6 is 0 Å². The first kappa shape index (κ1) is 21.8. The van der Waals surface area contributed by atoms with E-state index in [1.165, 1.54) is 4.57 Å². The first-order valence-electron chi connectivity index (χ1n) is 9.41. The van der Waals surface area contributed by atoms with Gasteiger partial charge >= 0.3 is 5.69 Å². The summed E-state index contributed by atoms with van der Waals surface area (Å²) in [5, 5.41) is 14.0. The highest BCUT2D eigenvalue weighted by molar-refractivity contribution is 6.04. The van der Waals surface area contributed by atoms with E-state index in [-0.39, 0.29) is 11.7 Å². The number of amides is 1. The maximum Gasteiger partial charge on any atom is 0.350 e. The molecule has 0 spiro atoms. The zero-order chi connectivity index (χ0) is 21.5. The Morgan fingerprint density at radius 3 is 2.07 bits per heavy atom. The first-order chi connectivity index (χ1) is 12.7. The minimum Gasteiger partial charge on any atom is -0.387 e.